The van der Waals surface area contributed by atoms with E-state index in [4.69, 9.17) is 20.2 Å². The van der Waals surface area contributed by atoms with Crippen LogP contribution in [0.2, 0.25) is 0 Å². The second kappa shape index (κ2) is 5.31. The van der Waals surface area contributed by atoms with E-state index in [1.54, 1.807) is 0 Å². The Morgan fingerprint density at radius 2 is 2.05 bits per heavy atom. The fraction of sp³-hybridized carbons (Fsp3) is 0.438. The number of hydrogen-bond donors (Lipinski definition) is 1. The number of hydrogen-bond acceptors (Lipinski definition) is 5. The molecule has 0 bridgehead atoms. The lowest BCUT2D eigenvalue weighted by Crippen LogP contribution is -2.13. The molecule has 2 heterocycles. The molecular formula is C16H18N2O2S. The van der Waals surface area contributed by atoms with Crippen LogP contribution >= 0.6 is 11.3 Å². The molecule has 2 N–H and O–H groups in total. The number of aryl methyl sites for hydroxylation is 2. The maximum atomic E-state index is 6.35. The van der Waals surface area contributed by atoms with E-state index < -0.39 is 0 Å². The SMILES string of the molecule is NC(Cc1nc2c(s1)CCCC2)c1ccc2c(c1)OCO2. The highest BCUT2D eigenvalue weighted by Gasteiger charge is 2.19. The summed E-state index contributed by atoms with van der Waals surface area (Å²) in [5, 5.41) is 1.16. The fourth-order valence-electron chi connectivity index (χ4n) is 2.94. The molecule has 0 amide bonds. The van der Waals surface area contributed by atoms with Crippen LogP contribution in [0.3, 0.4) is 0 Å². The van der Waals surface area contributed by atoms with Crippen LogP contribution in [0, 0.1) is 0 Å². The Hall–Kier alpha value is -1.59. The Bertz CT molecular complexity index is 645. The molecule has 1 unspecified atom stereocenters. The maximum absolute atomic E-state index is 6.35. The van der Waals surface area contributed by atoms with E-state index in [1.165, 1.54) is 29.8 Å². The van der Waals surface area contributed by atoms with Crippen LogP contribution < -0.4 is 15.2 Å². The number of nitrogens with zero attached hydrogens (tertiary/aromatic N) is 1. The Morgan fingerprint density at radius 1 is 1.19 bits per heavy atom. The van der Waals surface area contributed by atoms with Gasteiger partial charge in [-0.3, -0.25) is 0 Å². The van der Waals surface area contributed by atoms with E-state index in [1.807, 2.05) is 29.5 Å². The first-order valence-electron chi connectivity index (χ1n) is 7.42. The number of rotatable bonds is 3. The van der Waals surface area contributed by atoms with Crippen LogP contribution in [0.25, 0.3) is 0 Å². The molecule has 4 nitrogen and oxygen atoms in total. The predicted molar refractivity (Wildman–Crippen MR) is 82.0 cm³/mol. The van der Waals surface area contributed by atoms with E-state index in [2.05, 4.69) is 0 Å². The summed E-state index contributed by atoms with van der Waals surface area (Å²) < 4.78 is 10.7. The number of benzene rings is 1. The molecule has 0 saturated carbocycles. The summed E-state index contributed by atoms with van der Waals surface area (Å²) in [6.07, 6.45) is 5.67. The second-order valence-corrected chi connectivity index (χ2v) is 6.78. The lowest BCUT2D eigenvalue weighted by atomic mass is 10.0. The van der Waals surface area contributed by atoms with Gasteiger partial charge in [0.05, 0.1) is 10.7 Å². The zero-order valence-electron chi connectivity index (χ0n) is 11.8. The van der Waals surface area contributed by atoms with Crippen LogP contribution in [0.5, 0.6) is 11.5 Å². The van der Waals surface area contributed by atoms with Gasteiger partial charge in [-0.15, -0.1) is 11.3 Å². The molecule has 4 rings (SSSR count). The van der Waals surface area contributed by atoms with Crippen molar-refractivity contribution in [1.82, 2.24) is 4.98 Å². The van der Waals surface area contributed by atoms with Crippen LogP contribution in [0.4, 0.5) is 0 Å². The molecule has 1 aliphatic heterocycles. The zero-order valence-corrected chi connectivity index (χ0v) is 12.6. The van der Waals surface area contributed by atoms with E-state index in [0.29, 0.717) is 6.79 Å². The van der Waals surface area contributed by atoms with Gasteiger partial charge < -0.3 is 15.2 Å². The Balaban J connectivity index is 1.52. The standard InChI is InChI=1S/C16H18N2O2S/c17-11(10-5-6-13-14(7-10)20-9-19-13)8-16-18-12-3-1-2-4-15(12)21-16/h5-7,11H,1-4,8-9,17H2. The third-order valence-electron chi connectivity index (χ3n) is 4.11. The van der Waals surface area contributed by atoms with Gasteiger partial charge in [0.1, 0.15) is 0 Å². The highest BCUT2D eigenvalue weighted by Crippen LogP contribution is 2.35. The summed E-state index contributed by atoms with van der Waals surface area (Å²) in [4.78, 5) is 6.24. The molecule has 0 spiro atoms. The lowest BCUT2D eigenvalue weighted by molar-refractivity contribution is 0.174. The second-order valence-electron chi connectivity index (χ2n) is 5.61. The van der Waals surface area contributed by atoms with Crippen LogP contribution in [-0.4, -0.2) is 11.8 Å². The summed E-state index contributed by atoms with van der Waals surface area (Å²) >= 11 is 1.84. The van der Waals surface area contributed by atoms with Gasteiger partial charge >= 0.3 is 0 Å². The first-order valence-corrected chi connectivity index (χ1v) is 8.24. The topological polar surface area (TPSA) is 57.4 Å². The molecule has 21 heavy (non-hydrogen) atoms. The minimum absolute atomic E-state index is 0.0490. The van der Waals surface area contributed by atoms with Crippen molar-refractivity contribution < 1.29 is 9.47 Å². The van der Waals surface area contributed by atoms with Gasteiger partial charge in [0.25, 0.3) is 0 Å². The van der Waals surface area contributed by atoms with E-state index in [9.17, 15) is 0 Å². The molecule has 1 atom stereocenters. The van der Waals surface area contributed by atoms with Crippen LogP contribution in [0.1, 0.15) is 40.0 Å². The zero-order chi connectivity index (χ0) is 14.2. The predicted octanol–water partition coefficient (Wildman–Crippen LogP) is 2.99. The molecule has 5 heteroatoms. The number of ether oxygens (including phenoxy) is 2. The third-order valence-corrected chi connectivity index (χ3v) is 5.29. The average Bonchev–Trinajstić information content (AvgIpc) is 3.11. The van der Waals surface area contributed by atoms with Crippen molar-refractivity contribution in [2.45, 2.75) is 38.1 Å². The minimum atomic E-state index is -0.0490. The summed E-state index contributed by atoms with van der Waals surface area (Å²) in [6, 6.07) is 5.89. The Labute approximate surface area is 127 Å². The van der Waals surface area contributed by atoms with E-state index >= 15 is 0 Å². The maximum Gasteiger partial charge on any atom is 0.231 e. The average molecular weight is 302 g/mol. The Kier molecular flexibility index (Phi) is 3.31. The Morgan fingerprint density at radius 3 is 2.95 bits per heavy atom. The molecule has 1 aromatic carbocycles. The largest absolute Gasteiger partial charge is 0.454 e. The van der Waals surface area contributed by atoms with Crippen molar-refractivity contribution in [3.05, 3.63) is 39.3 Å². The minimum Gasteiger partial charge on any atom is -0.454 e. The van der Waals surface area contributed by atoms with E-state index in [-0.39, 0.29) is 6.04 Å². The van der Waals surface area contributed by atoms with Crippen LogP contribution in [0.15, 0.2) is 18.2 Å². The van der Waals surface area contributed by atoms with E-state index in [0.717, 1.165) is 34.9 Å². The van der Waals surface area contributed by atoms with Gasteiger partial charge in [-0.2, -0.15) is 0 Å². The van der Waals surface area contributed by atoms with Gasteiger partial charge in [0.2, 0.25) is 6.79 Å². The summed E-state index contributed by atoms with van der Waals surface area (Å²) in [6.45, 7) is 0.299. The normalized spacial score (nSPS) is 17.6. The lowest BCUT2D eigenvalue weighted by Gasteiger charge is -2.10. The molecule has 2 aliphatic rings. The summed E-state index contributed by atoms with van der Waals surface area (Å²) in [5.41, 5.74) is 8.73. The van der Waals surface area contributed by atoms with Crippen molar-refractivity contribution >= 4 is 11.3 Å². The van der Waals surface area contributed by atoms with Gasteiger partial charge in [-0.1, -0.05) is 6.07 Å². The summed E-state index contributed by atoms with van der Waals surface area (Å²) in [7, 11) is 0. The first kappa shape index (κ1) is 13.1. The van der Waals surface area contributed by atoms with Gasteiger partial charge in [-0.25, -0.2) is 4.98 Å². The van der Waals surface area contributed by atoms with Crippen molar-refractivity contribution in [3.8, 4) is 11.5 Å². The highest BCUT2D eigenvalue weighted by molar-refractivity contribution is 7.11. The molecule has 0 fully saturated rings. The number of aromatic nitrogens is 1. The molecule has 2 aromatic rings. The van der Waals surface area contributed by atoms with Crippen molar-refractivity contribution in [2.75, 3.05) is 6.79 Å². The smallest absolute Gasteiger partial charge is 0.231 e. The van der Waals surface area contributed by atoms with Crippen molar-refractivity contribution in [1.29, 1.82) is 0 Å². The van der Waals surface area contributed by atoms with Crippen molar-refractivity contribution in [3.63, 3.8) is 0 Å². The molecule has 110 valence electrons. The van der Waals surface area contributed by atoms with Gasteiger partial charge in [0, 0.05) is 17.3 Å². The quantitative estimate of drug-likeness (QED) is 0.947. The number of fused-ring (bicyclic) bond motifs is 2. The van der Waals surface area contributed by atoms with Gasteiger partial charge in [0.15, 0.2) is 11.5 Å². The van der Waals surface area contributed by atoms with Gasteiger partial charge in [-0.05, 0) is 43.4 Å². The van der Waals surface area contributed by atoms with Crippen LogP contribution in [-0.2, 0) is 19.3 Å². The fourth-order valence-corrected chi connectivity index (χ4v) is 4.16. The molecule has 1 aliphatic carbocycles. The van der Waals surface area contributed by atoms with Crippen molar-refractivity contribution in [2.24, 2.45) is 5.73 Å². The molecule has 0 radical (unpaired) electrons. The monoisotopic (exact) mass is 302 g/mol. The number of thiazole rings is 1. The molecule has 0 saturated heterocycles. The first-order chi connectivity index (χ1) is 10.3. The highest BCUT2D eigenvalue weighted by atomic mass is 32.1. The molecule has 1 aromatic heterocycles. The number of nitrogens with two attached hydrogens (primary N) is 1. The molecular weight excluding hydrogens is 284 g/mol. The third kappa shape index (κ3) is 2.51. The summed E-state index contributed by atoms with van der Waals surface area (Å²) in [5.74, 6) is 1.59.